The van der Waals surface area contributed by atoms with Gasteiger partial charge in [0.15, 0.2) is 0 Å². The van der Waals surface area contributed by atoms with Gasteiger partial charge in [-0.3, -0.25) is 9.59 Å². The van der Waals surface area contributed by atoms with Gasteiger partial charge in [0, 0.05) is 25.6 Å². The second kappa shape index (κ2) is 8.27. The molecular formula is C14H20FN3O2. The van der Waals surface area contributed by atoms with Crippen LogP contribution in [0.25, 0.3) is 0 Å². The van der Waals surface area contributed by atoms with Crippen LogP contribution in [-0.2, 0) is 4.79 Å². The number of carbonyl (C=O) groups excluding carboxylic acids is 2. The smallest absolute Gasteiger partial charge is 0.251 e. The molecule has 0 saturated heterocycles. The number of benzene rings is 1. The minimum Gasteiger partial charge on any atom is -0.351 e. The van der Waals surface area contributed by atoms with Crippen LogP contribution in [0.3, 0.4) is 0 Å². The molecule has 3 N–H and O–H groups in total. The monoisotopic (exact) mass is 281 g/mol. The molecule has 0 heterocycles. The van der Waals surface area contributed by atoms with Crippen molar-refractivity contribution in [2.24, 2.45) is 0 Å². The van der Waals surface area contributed by atoms with Crippen molar-refractivity contribution in [1.29, 1.82) is 0 Å². The molecule has 5 nitrogen and oxygen atoms in total. The van der Waals surface area contributed by atoms with Crippen molar-refractivity contribution < 1.29 is 14.0 Å². The van der Waals surface area contributed by atoms with Crippen molar-refractivity contribution in [1.82, 2.24) is 10.6 Å². The molecule has 2 amide bonds. The summed E-state index contributed by atoms with van der Waals surface area (Å²) in [6, 6.07) is 3.87. The van der Waals surface area contributed by atoms with Crippen molar-refractivity contribution in [3.05, 3.63) is 29.6 Å². The lowest BCUT2D eigenvalue weighted by atomic mass is 10.1. The molecule has 0 saturated carbocycles. The highest BCUT2D eigenvalue weighted by molar-refractivity contribution is 5.96. The summed E-state index contributed by atoms with van der Waals surface area (Å²) >= 11 is 0. The summed E-state index contributed by atoms with van der Waals surface area (Å²) in [5.41, 5.74) is 0.319. The molecule has 0 unspecified atom stereocenters. The van der Waals surface area contributed by atoms with Gasteiger partial charge in [-0.15, -0.1) is 0 Å². The summed E-state index contributed by atoms with van der Waals surface area (Å²) < 4.78 is 13.4. The number of anilines is 1. The molecule has 0 aromatic heterocycles. The second-order valence-electron chi connectivity index (χ2n) is 4.38. The molecule has 0 aliphatic rings. The maximum atomic E-state index is 13.4. The van der Waals surface area contributed by atoms with Gasteiger partial charge in [-0.05, 0) is 31.2 Å². The molecule has 0 atom stereocenters. The van der Waals surface area contributed by atoms with E-state index in [0.29, 0.717) is 18.7 Å². The first-order valence-electron chi connectivity index (χ1n) is 6.60. The zero-order chi connectivity index (χ0) is 15.0. The minimum absolute atomic E-state index is 0.00857. The van der Waals surface area contributed by atoms with E-state index in [1.54, 1.807) is 0 Å². The number of nitrogens with one attached hydrogen (secondary N) is 3. The van der Waals surface area contributed by atoms with Gasteiger partial charge in [0.25, 0.3) is 5.91 Å². The zero-order valence-corrected chi connectivity index (χ0v) is 11.8. The number of hydrogen-bond acceptors (Lipinski definition) is 3. The topological polar surface area (TPSA) is 70.2 Å². The van der Waals surface area contributed by atoms with Crippen molar-refractivity contribution in [3.63, 3.8) is 0 Å². The number of hydrogen-bond donors (Lipinski definition) is 3. The summed E-state index contributed by atoms with van der Waals surface area (Å²) in [6.07, 6.45) is 1.03. The van der Waals surface area contributed by atoms with Crippen LogP contribution in [0.15, 0.2) is 18.2 Å². The maximum Gasteiger partial charge on any atom is 0.251 e. The fourth-order valence-corrected chi connectivity index (χ4v) is 1.62. The van der Waals surface area contributed by atoms with Gasteiger partial charge < -0.3 is 16.0 Å². The van der Waals surface area contributed by atoms with Gasteiger partial charge in [0.2, 0.25) is 5.91 Å². The Morgan fingerprint density at radius 1 is 1.20 bits per heavy atom. The van der Waals surface area contributed by atoms with Gasteiger partial charge >= 0.3 is 0 Å². The van der Waals surface area contributed by atoms with E-state index in [9.17, 15) is 14.0 Å². The number of halogens is 1. The van der Waals surface area contributed by atoms with E-state index in [4.69, 9.17) is 0 Å². The van der Waals surface area contributed by atoms with E-state index >= 15 is 0 Å². The van der Waals surface area contributed by atoms with Crippen LogP contribution in [0, 0.1) is 5.82 Å². The summed E-state index contributed by atoms with van der Waals surface area (Å²) in [7, 11) is 0. The molecule has 0 aliphatic heterocycles. The largest absolute Gasteiger partial charge is 0.351 e. The van der Waals surface area contributed by atoms with E-state index in [-0.39, 0.29) is 17.5 Å². The Labute approximate surface area is 117 Å². The first-order chi connectivity index (χ1) is 9.54. The summed E-state index contributed by atoms with van der Waals surface area (Å²) in [5.74, 6) is -1.25. The van der Waals surface area contributed by atoms with E-state index in [0.717, 1.165) is 19.0 Å². The first-order valence-corrected chi connectivity index (χ1v) is 6.60. The average molecular weight is 281 g/mol. The predicted molar refractivity (Wildman–Crippen MR) is 76.2 cm³/mol. The molecule has 20 heavy (non-hydrogen) atoms. The van der Waals surface area contributed by atoms with Gasteiger partial charge in [-0.2, -0.15) is 0 Å². The molecule has 0 fully saturated rings. The molecule has 110 valence electrons. The molecule has 0 spiro atoms. The third kappa shape index (κ3) is 5.36. The van der Waals surface area contributed by atoms with Crippen LogP contribution in [-0.4, -0.2) is 31.4 Å². The van der Waals surface area contributed by atoms with Gasteiger partial charge in [-0.25, -0.2) is 4.39 Å². The summed E-state index contributed by atoms with van der Waals surface area (Å²) in [4.78, 5) is 22.8. The fourth-order valence-electron chi connectivity index (χ4n) is 1.62. The Morgan fingerprint density at radius 2 is 1.95 bits per heavy atom. The molecule has 0 aliphatic carbocycles. The van der Waals surface area contributed by atoms with Crippen molar-refractivity contribution in [3.8, 4) is 0 Å². The SMILES string of the molecule is CCCNCCNC(=O)c1ccc(F)c(NC(C)=O)c1. The fraction of sp³-hybridized carbons (Fsp3) is 0.429. The molecule has 1 aromatic carbocycles. The Bertz CT molecular complexity index is 477. The highest BCUT2D eigenvalue weighted by Gasteiger charge is 2.10. The molecular weight excluding hydrogens is 261 g/mol. The Hall–Kier alpha value is -1.95. The number of carbonyl (C=O) groups is 2. The molecule has 0 bridgehead atoms. The van der Waals surface area contributed by atoms with Gasteiger partial charge in [0.05, 0.1) is 5.69 Å². The lowest BCUT2D eigenvalue weighted by Gasteiger charge is -2.08. The minimum atomic E-state index is -0.568. The van der Waals surface area contributed by atoms with Crippen LogP contribution in [0.2, 0.25) is 0 Å². The summed E-state index contributed by atoms with van der Waals surface area (Å²) in [6.45, 7) is 5.42. The highest BCUT2D eigenvalue weighted by atomic mass is 19.1. The second-order valence-corrected chi connectivity index (χ2v) is 4.38. The maximum absolute atomic E-state index is 13.4. The third-order valence-corrected chi connectivity index (χ3v) is 2.55. The van der Waals surface area contributed by atoms with Crippen LogP contribution >= 0.6 is 0 Å². The molecule has 0 radical (unpaired) electrons. The number of amides is 2. The zero-order valence-electron chi connectivity index (χ0n) is 11.8. The lowest BCUT2D eigenvalue weighted by molar-refractivity contribution is -0.114. The van der Waals surface area contributed by atoms with Crippen LogP contribution in [0.4, 0.5) is 10.1 Å². The number of rotatable bonds is 7. The normalized spacial score (nSPS) is 10.2. The summed E-state index contributed by atoms with van der Waals surface area (Å²) in [5, 5.41) is 8.22. The van der Waals surface area contributed by atoms with Crippen LogP contribution in [0.5, 0.6) is 0 Å². The molecule has 1 rings (SSSR count). The van der Waals surface area contributed by atoms with E-state index in [2.05, 4.69) is 22.9 Å². The van der Waals surface area contributed by atoms with E-state index in [1.807, 2.05) is 0 Å². The van der Waals surface area contributed by atoms with Crippen molar-refractivity contribution >= 4 is 17.5 Å². The van der Waals surface area contributed by atoms with Crippen molar-refractivity contribution in [2.75, 3.05) is 25.0 Å². The molecule has 1 aromatic rings. The molecule has 6 heteroatoms. The first kappa shape index (κ1) is 16.1. The quantitative estimate of drug-likeness (QED) is 0.664. The van der Waals surface area contributed by atoms with E-state index in [1.165, 1.54) is 19.1 Å². The van der Waals surface area contributed by atoms with Gasteiger partial charge in [0.1, 0.15) is 5.82 Å². The lowest BCUT2D eigenvalue weighted by Crippen LogP contribution is -2.32. The van der Waals surface area contributed by atoms with Crippen LogP contribution < -0.4 is 16.0 Å². The van der Waals surface area contributed by atoms with Crippen LogP contribution in [0.1, 0.15) is 30.6 Å². The Kier molecular flexibility index (Phi) is 6.66. The van der Waals surface area contributed by atoms with Crippen molar-refractivity contribution in [2.45, 2.75) is 20.3 Å². The Balaban J connectivity index is 2.57. The van der Waals surface area contributed by atoms with E-state index < -0.39 is 5.82 Å². The highest BCUT2D eigenvalue weighted by Crippen LogP contribution is 2.16. The Morgan fingerprint density at radius 3 is 2.60 bits per heavy atom. The predicted octanol–water partition coefficient (Wildman–Crippen LogP) is 1.51. The average Bonchev–Trinajstić information content (AvgIpc) is 2.40. The van der Waals surface area contributed by atoms with Gasteiger partial charge in [-0.1, -0.05) is 6.92 Å². The third-order valence-electron chi connectivity index (χ3n) is 2.55. The standard InChI is InChI=1S/C14H20FN3O2/c1-3-6-16-7-8-17-14(20)11-4-5-12(15)13(9-11)18-10(2)19/h4-5,9,16H,3,6-8H2,1-2H3,(H,17,20)(H,18,19).